The van der Waals surface area contributed by atoms with Crippen LogP contribution < -0.4 is 4.90 Å². The first kappa shape index (κ1) is 17.0. The Balaban J connectivity index is 2.27. The Kier molecular flexibility index (Phi) is 5.25. The van der Waals surface area contributed by atoms with Gasteiger partial charge in [0.05, 0.1) is 10.6 Å². The van der Waals surface area contributed by atoms with Crippen LogP contribution in [0.3, 0.4) is 0 Å². The first-order valence-corrected chi connectivity index (χ1v) is 8.25. The highest BCUT2D eigenvalue weighted by atomic mass is 79.9. The molecule has 0 saturated carbocycles. The van der Waals surface area contributed by atoms with E-state index in [0.717, 1.165) is 32.4 Å². The molecule has 1 fully saturated rings. The maximum atomic E-state index is 12.2. The molecule has 1 saturated heterocycles. The quantitative estimate of drug-likeness (QED) is 0.619. The molecule has 1 heterocycles. The third-order valence-electron chi connectivity index (χ3n) is 2.92. The number of benzene rings is 1. The van der Waals surface area contributed by atoms with Gasteiger partial charge in [-0.05, 0) is 39.7 Å². The minimum Gasteiger partial charge on any atom is -0.480 e. The molecular formula is C14H13BrN2O3S2. The number of rotatable bonds is 4. The van der Waals surface area contributed by atoms with Crippen LogP contribution in [-0.2, 0) is 9.59 Å². The molecule has 8 heteroatoms. The summed E-state index contributed by atoms with van der Waals surface area (Å²) < 4.78 is 1.18. The van der Waals surface area contributed by atoms with Crippen molar-refractivity contribution in [1.29, 1.82) is 0 Å². The minimum absolute atomic E-state index is 0.266. The van der Waals surface area contributed by atoms with Crippen molar-refractivity contribution < 1.29 is 14.7 Å². The zero-order valence-corrected chi connectivity index (χ0v) is 15.1. The predicted octanol–water partition coefficient (Wildman–Crippen LogP) is 2.80. The largest absolute Gasteiger partial charge is 0.480 e. The van der Waals surface area contributed by atoms with E-state index in [1.54, 1.807) is 6.08 Å². The fraction of sp³-hybridized carbons (Fsp3) is 0.214. The molecule has 116 valence electrons. The molecule has 0 aliphatic carbocycles. The number of thioether (sulfide) groups is 1. The van der Waals surface area contributed by atoms with Crippen molar-refractivity contribution in [2.45, 2.75) is 0 Å². The summed E-state index contributed by atoms with van der Waals surface area (Å²) in [4.78, 5) is 26.4. The van der Waals surface area contributed by atoms with Gasteiger partial charge < -0.3 is 10.0 Å². The number of thiocarbonyl (C=S) groups is 1. The zero-order chi connectivity index (χ0) is 16.4. The van der Waals surface area contributed by atoms with Crippen LogP contribution in [0, 0.1) is 0 Å². The molecule has 0 atom stereocenters. The van der Waals surface area contributed by atoms with E-state index in [2.05, 4.69) is 15.9 Å². The van der Waals surface area contributed by atoms with Crippen molar-refractivity contribution in [2.75, 3.05) is 25.5 Å². The van der Waals surface area contributed by atoms with Crippen molar-refractivity contribution in [3.05, 3.63) is 33.1 Å². The van der Waals surface area contributed by atoms with Gasteiger partial charge in [-0.1, -0.05) is 30.0 Å². The van der Waals surface area contributed by atoms with E-state index in [1.165, 1.54) is 0 Å². The molecule has 0 bridgehead atoms. The van der Waals surface area contributed by atoms with Crippen molar-refractivity contribution >= 4 is 67.9 Å². The van der Waals surface area contributed by atoms with E-state index in [-0.39, 0.29) is 10.2 Å². The van der Waals surface area contributed by atoms with Crippen LogP contribution in [0.4, 0.5) is 5.69 Å². The number of carbonyl (C=O) groups is 2. The minimum atomic E-state index is -1.09. The maximum absolute atomic E-state index is 12.2. The number of carbonyl (C=O) groups excluding carboxylic acids is 1. The van der Waals surface area contributed by atoms with Gasteiger partial charge in [0, 0.05) is 18.6 Å². The van der Waals surface area contributed by atoms with Gasteiger partial charge in [0.15, 0.2) is 0 Å². The summed E-state index contributed by atoms with van der Waals surface area (Å²) in [6.45, 7) is -0.411. The van der Waals surface area contributed by atoms with Gasteiger partial charge in [-0.25, -0.2) is 0 Å². The molecule has 1 aromatic rings. The van der Waals surface area contributed by atoms with Crippen LogP contribution >= 0.6 is 39.9 Å². The first-order chi connectivity index (χ1) is 10.3. The van der Waals surface area contributed by atoms with Gasteiger partial charge in [-0.3, -0.25) is 14.5 Å². The van der Waals surface area contributed by atoms with E-state index in [4.69, 9.17) is 17.3 Å². The number of aliphatic carboxylic acids is 1. The Morgan fingerprint density at radius 3 is 2.73 bits per heavy atom. The van der Waals surface area contributed by atoms with E-state index in [1.807, 2.05) is 37.2 Å². The van der Waals surface area contributed by atoms with Crippen molar-refractivity contribution in [3.63, 3.8) is 0 Å². The average Bonchev–Trinajstić information content (AvgIpc) is 2.66. The fourth-order valence-corrected chi connectivity index (χ4v) is 3.90. The number of halogens is 1. The Hall–Kier alpha value is -1.38. The molecule has 1 aromatic carbocycles. The summed E-state index contributed by atoms with van der Waals surface area (Å²) in [5.41, 5.74) is 1.86. The summed E-state index contributed by atoms with van der Waals surface area (Å²) >= 11 is 9.66. The lowest BCUT2D eigenvalue weighted by Crippen LogP contribution is -2.33. The van der Waals surface area contributed by atoms with Crippen LogP contribution in [-0.4, -0.2) is 46.8 Å². The Morgan fingerprint density at radius 2 is 2.18 bits per heavy atom. The highest BCUT2D eigenvalue weighted by molar-refractivity contribution is 9.10. The standard InChI is InChI=1S/C14H13BrN2O3S2/c1-16(2)10-4-3-8(5-9(10)15)6-11-13(20)17(7-12(18)19)14(21)22-11/h3-6H,7H2,1-2H3,(H,18,19). The number of carboxylic acids is 1. The number of hydrogen-bond donors (Lipinski definition) is 1. The SMILES string of the molecule is CN(C)c1ccc(C=C2SC(=S)N(CC(=O)O)C2=O)cc1Br. The smallest absolute Gasteiger partial charge is 0.323 e. The number of anilines is 1. The number of nitrogens with zero attached hydrogens (tertiary/aromatic N) is 2. The second kappa shape index (κ2) is 6.80. The van der Waals surface area contributed by atoms with E-state index in [9.17, 15) is 9.59 Å². The van der Waals surface area contributed by atoms with Crippen LogP contribution in [0.5, 0.6) is 0 Å². The van der Waals surface area contributed by atoms with Gasteiger partial charge in [-0.2, -0.15) is 0 Å². The lowest BCUT2D eigenvalue weighted by Gasteiger charge is -2.14. The number of hydrogen-bond acceptors (Lipinski definition) is 5. The monoisotopic (exact) mass is 400 g/mol. The highest BCUT2D eigenvalue weighted by Crippen LogP contribution is 2.33. The van der Waals surface area contributed by atoms with Crippen LogP contribution in [0.25, 0.3) is 6.08 Å². The maximum Gasteiger partial charge on any atom is 0.323 e. The third kappa shape index (κ3) is 3.68. The van der Waals surface area contributed by atoms with Crippen LogP contribution in [0.1, 0.15) is 5.56 Å². The summed E-state index contributed by atoms with van der Waals surface area (Å²) in [5, 5.41) is 8.81. The van der Waals surface area contributed by atoms with Gasteiger partial charge in [-0.15, -0.1) is 0 Å². The Labute approximate surface area is 146 Å². The molecule has 5 nitrogen and oxygen atoms in total. The Morgan fingerprint density at radius 1 is 1.50 bits per heavy atom. The Bertz CT molecular complexity index is 689. The summed E-state index contributed by atoms with van der Waals surface area (Å²) in [6, 6.07) is 5.73. The molecule has 1 amide bonds. The molecule has 1 N–H and O–H groups in total. The molecule has 0 spiro atoms. The predicted molar refractivity (Wildman–Crippen MR) is 96.0 cm³/mol. The molecule has 0 unspecified atom stereocenters. The van der Waals surface area contributed by atoms with Crippen LogP contribution in [0.2, 0.25) is 0 Å². The van der Waals surface area contributed by atoms with E-state index < -0.39 is 12.5 Å². The fourth-order valence-electron chi connectivity index (χ4n) is 1.90. The molecule has 1 aliphatic heterocycles. The normalized spacial score (nSPS) is 16.5. The van der Waals surface area contributed by atoms with E-state index >= 15 is 0 Å². The second-order valence-electron chi connectivity index (χ2n) is 4.77. The number of carboxylic acid groups (broad SMARTS) is 1. The van der Waals surface area contributed by atoms with Crippen molar-refractivity contribution in [1.82, 2.24) is 4.90 Å². The van der Waals surface area contributed by atoms with E-state index in [0.29, 0.717) is 4.91 Å². The average molecular weight is 401 g/mol. The zero-order valence-electron chi connectivity index (χ0n) is 11.9. The third-order valence-corrected chi connectivity index (χ3v) is 4.93. The van der Waals surface area contributed by atoms with Crippen molar-refractivity contribution in [2.24, 2.45) is 0 Å². The lowest BCUT2D eigenvalue weighted by molar-refractivity contribution is -0.140. The summed E-state index contributed by atoms with van der Waals surface area (Å²) in [6.07, 6.45) is 1.71. The molecule has 2 rings (SSSR count). The first-order valence-electron chi connectivity index (χ1n) is 6.23. The summed E-state index contributed by atoms with van der Waals surface area (Å²) in [5.74, 6) is -1.46. The molecule has 0 radical (unpaired) electrons. The molecule has 0 aromatic heterocycles. The summed E-state index contributed by atoms with van der Waals surface area (Å²) in [7, 11) is 3.88. The molecule has 22 heavy (non-hydrogen) atoms. The van der Waals surface area contributed by atoms with Gasteiger partial charge in [0.2, 0.25) is 0 Å². The lowest BCUT2D eigenvalue weighted by atomic mass is 10.2. The van der Waals surface area contributed by atoms with Gasteiger partial charge >= 0.3 is 5.97 Å². The second-order valence-corrected chi connectivity index (χ2v) is 7.30. The topological polar surface area (TPSA) is 60.9 Å². The number of amides is 1. The van der Waals surface area contributed by atoms with Crippen molar-refractivity contribution in [3.8, 4) is 0 Å². The molecule has 1 aliphatic rings. The highest BCUT2D eigenvalue weighted by Gasteiger charge is 2.33. The van der Waals surface area contributed by atoms with Crippen LogP contribution in [0.15, 0.2) is 27.6 Å². The molecular weight excluding hydrogens is 388 g/mol. The van der Waals surface area contributed by atoms with Gasteiger partial charge in [0.25, 0.3) is 5.91 Å². The van der Waals surface area contributed by atoms with Gasteiger partial charge in [0.1, 0.15) is 10.9 Å².